The molecule has 2 heterocycles. The Morgan fingerprint density at radius 1 is 1.09 bits per heavy atom. The molecule has 232 valence electrons. The van der Waals surface area contributed by atoms with Crippen molar-refractivity contribution in [3.8, 4) is 11.1 Å². The highest BCUT2D eigenvalue weighted by atomic mass is 19.2. The van der Waals surface area contributed by atoms with Gasteiger partial charge in [0, 0.05) is 49.8 Å². The van der Waals surface area contributed by atoms with Gasteiger partial charge in [0.15, 0.2) is 11.6 Å². The molecule has 0 saturated carbocycles. The Balaban J connectivity index is 1.66. The summed E-state index contributed by atoms with van der Waals surface area (Å²) < 4.78 is 45.0. The lowest BCUT2D eigenvalue weighted by Crippen LogP contribution is -2.49. The van der Waals surface area contributed by atoms with Crippen LogP contribution in [0.5, 0.6) is 0 Å². The maximum atomic E-state index is 15.3. The third-order valence-electron chi connectivity index (χ3n) is 8.03. The van der Waals surface area contributed by atoms with Gasteiger partial charge in [-0.15, -0.1) is 0 Å². The summed E-state index contributed by atoms with van der Waals surface area (Å²) in [5.74, 6) is -3.19. The molecule has 0 aliphatic carbocycles. The van der Waals surface area contributed by atoms with Gasteiger partial charge < -0.3 is 10.4 Å². The molecule has 1 aliphatic heterocycles. The van der Waals surface area contributed by atoms with Gasteiger partial charge in [0.25, 0.3) is 5.56 Å². The van der Waals surface area contributed by atoms with E-state index in [1.165, 1.54) is 10.7 Å². The topological polar surface area (TPSA) is 87.5 Å². The number of rotatable bonds is 13. The van der Waals surface area contributed by atoms with Crippen LogP contribution in [-0.2, 0) is 11.2 Å². The van der Waals surface area contributed by atoms with E-state index < -0.39 is 42.3 Å². The number of hydrogen-bond acceptors (Lipinski definition) is 5. The summed E-state index contributed by atoms with van der Waals surface area (Å²) in [4.78, 5) is 27.1. The number of nitrogens with zero attached hydrogens (tertiary/aromatic N) is 3. The number of carboxylic acids is 1. The number of aryl methyl sites for hydroxylation is 3. The summed E-state index contributed by atoms with van der Waals surface area (Å²) in [7, 11) is 0. The maximum absolute atomic E-state index is 15.3. The summed E-state index contributed by atoms with van der Waals surface area (Å²) in [5.41, 5.74) is 3.85. The smallest absolute Gasteiger partial charge is 0.305 e. The molecular weight excluding hydrogens is 557 g/mol. The zero-order valence-corrected chi connectivity index (χ0v) is 25.5. The number of likely N-dealkylation sites (tertiary alicyclic amines) is 1. The van der Waals surface area contributed by atoms with Crippen molar-refractivity contribution in [1.82, 2.24) is 20.0 Å². The summed E-state index contributed by atoms with van der Waals surface area (Å²) in [6.07, 6.45) is -0.207. The monoisotopic (exact) mass is 598 g/mol. The minimum atomic E-state index is -1.18. The van der Waals surface area contributed by atoms with Crippen LogP contribution in [0.4, 0.5) is 13.2 Å². The molecule has 0 unspecified atom stereocenters. The van der Waals surface area contributed by atoms with E-state index >= 15 is 8.78 Å². The molecule has 4 rings (SSSR count). The Bertz CT molecular complexity index is 1500. The number of hydrogen-bond donors (Lipinski definition) is 2. The minimum Gasteiger partial charge on any atom is -0.481 e. The molecule has 1 fully saturated rings. The predicted molar refractivity (Wildman–Crippen MR) is 161 cm³/mol. The molecule has 0 amide bonds. The van der Waals surface area contributed by atoms with E-state index in [4.69, 9.17) is 0 Å². The van der Waals surface area contributed by atoms with Crippen LogP contribution in [0.1, 0.15) is 66.7 Å². The van der Waals surface area contributed by atoms with Gasteiger partial charge in [0.05, 0.1) is 18.2 Å². The standard InChI is InChI=1S/C33H41F3N4O3/c1-19(2)11-26(40-33(43)22(5)12-25(38-40)9-10-39-17-24(34)18-39)16-37-29(15-30(41)42)27-13-23(14-28(35)32(27)36)31-20(3)7-6-8-21(31)4/h6-8,12-14,19,24,26,29,37H,9-11,15-18H2,1-5H3,(H,41,42)/t26-,29-/m0/s1. The Labute approximate surface area is 250 Å². The second-order valence-electron chi connectivity index (χ2n) is 12.1. The van der Waals surface area contributed by atoms with Gasteiger partial charge in [-0.2, -0.15) is 5.10 Å². The minimum absolute atomic E-state index is 0.0886. The summed E-state index contributed by atoms with van der Waals surface area (Å²) in [6, 6.07) is 8.51. The maximum Gasteiger partial charge on any atom is 0.305 e. The Morgan fingerprint density at radius 3 is 2.37 bits per heavy atom. The normalized spacial score (nSPS) is 15.5. The first-order chi connectivity index (χ1) is 20.3. The van der Waals surface area contributed by atoms with E-state index in [1.54, 1.807) is 13.0 Å². The average Bonchev–Trinajstić information content (AvgIpc) is 2.90. The van der Waals surface area contributed by atoms with E-state index in [-0.39, 0.29) is 23.6 Å². The lowest BCUT2D eigenvalue weighted by atomic mass is 9.92. The molecule has 2 aromatic carbocycles. The highest BCUT2D eigenvalue weighted by Crippen LogP contribution is 2.33. The van der Waals surface area contributed by atoms with Crippen LogP contribution in [0.25, 0.3) is 11.1 Å². The molecule has 1 saturated heterocycles. The van der Waals surface area contributed by atoms with Gasteiger partial charge in [-0.3, -0.25) is 14.5 Å². The summed E-state index contributed by atoms with van der Waals surface area (Å²) in [6.45, 7) is 11.0. The fourth-order valence-corrected chi connectivity index (χ4v) is 5.87. The summed E-state index contributed by atoms with van der Waals surface area (Å²) in [5, 5.41) is 17.5. The van der Waals surface area contributed by atoms with E-state index in [9.17, 15) is 19.1 Å². The Kier molecular flexibility index (Phi) is 10.4. The highest BCUT2D eigenvalue weighted by Gasteiger charge is 2.27. The third-order valence-corrected chi connectivity index (χ3v) is 8.03. The molecule has 1 aromatic heterocycles. The van der Waals surface area contributed by atoms with E-state index in [2.05, 4.69) is 10.4 Å². The van der Waals surface area contributed by atoms with Crippen molar-refractivity contribution in [2.45, 2.75) is 72.1 Å². The van der Waals surface area contributed by atoms with Crippen LogP contribution in [0.15, 0.2) is 41.2 Å². The number of halogens is 3. The second-order valence-corrected chi connectivity index (χ2v) is 12.1. The van der Waals surface area contributed by atoms with E-state index in [0.717, 1.165) is 22.8 Å². The molecule has 1 aliphatic rings. The van der Waals surface area contributed by atoms with Crippen molar-refractivity contribution in [2.24, 2.45) is 5.92 Å². The van der Waals surface area contributed by atoms with Crippen LogP contribution >= 0.6 is 0 Å². The molecule has 43 heavy (non-hydrogen) atoms. The zero-order valence-electron chi connectivity index (χ0n) is 25.5. The van der Waals surface area contributed by atoms with Gasteiger partial charge in [-0.1, -0.05) is 32.0 Å². The van der Waals surface area contributed by atoms with Gasteiger partial charge in [-0.25, -0.2) is 17.9 Å². The van der Waals surface area contributed by atoms with Gasteiger partial charge in [-0.05, 0) is 73.6 Å². The lowest BCUT2D eigenvalue weighted by Gasteiger charge is -2.34. The average molecular weight is 599 g/mol. The van der Waals surface area contributed by atoms with E-state index in [0.29, 0.717) is 49.3 Å². The fourth-order valence-electron chi connectivity index (χ4n) is 5.87. The molecule has 0 bridgehead atoms. The van der Waals surface area contributed by atoms with Crippen molar-refractivity contribution in [3.63, 3.8) is 0 Å². The van der Waals surface area contributed by atoms with E-state index in [1.807, 2.05) is 50.8 Å². The number of nitrogens with one attached hydrogen (secondary N) is 1. The fraction of sp³-hybridized carbons (Fsp3) is 0.485. The zero-order chi connectivity index (χ0) is 31.4. The first kappa shape index (κ1) is 32.4. The number of carboxylic acid groups (broad SMARTS) is 1. The predicted octanol–water partition coefficient (Wildman–Crippen LogP) is 5.70. The Morgan fingerprint density at radius 2 is 1.77 bits per heavy atom. The van der Waals surface area contributed by atoms with Crippen molar-refractivity contribution >= 4 is 5.97 Å². The Hall–Kier alpha value is -3.50. The number of benzene rings is 2. The number of aromatic nitrogens is 2. The number of carbonyl (C=O) groups is 1. The summed E-state index contributed by atoms with van der Waals surface area (Å²) >= 11 is 0. The molecule has 2 N–H and O–H groups in total. The number of alkyl halides is 1. The van der Waals surface area contributed by atoms with Gasteiger partial charge >= 0.3 is 5.97 Å². The van der Waals surface area contributed by atoms with Gasteiger partial charge in [0.2, 0.25) is 0 Å². The molecule has 0 radical (unpaired) electrons. The van der Waals surface area contributed by atoms with Gasteiger partial charge in [0.1, 0.15) is 6.17 Å². The van der Waals surface area contributed by atoms with Crippen molar-refractivity contribution < 1.29 is 23.1 Å². The second kappa shape index (κ2) is 13.9. The quantitative estimate of drug-likeness (QED) is 0.263. The number of aliphatic carboxylic acids is 1. The first-order valence-corrected chi connectivity index (χ1v) is 14.8. The van der Waals surface area contributed by atoms with Crippen molar-refractivity contribution in [3.05, 3.63) is 86.3 Å². The van der Waals surface area contributed by atoms with Crippen LogP contribution < -0.4 is 10.9 Å². The molecule has 7 nitrogen and oxygen atoms in total. The molecule has 0 spiro atoms. The van der Waals surface area contributed by atoms with Crippen LogP contribution in [-0.4, -0.2) is 58.1 Å². The molecule has 10 heteroatoms. The highest BCUT2D eigenvalue weighted by molar-refractivity contribution is 5.72. The van der Waals surface area contributed by atoms with Crippen LogP contribution in [0.2, 0.25) is 0 Å². The largest absolute Gasteiger partial charge is 0.481 e. The SMILES string of the molecule is Cc1cccc(C)c1-c1cc(F)c(F)c([C@H](CC(=O)O)NC[C@H](CC(C)C)n2nc(CCN3CC(F)C3)cc(C)c2=O)c1. The molecule has 2 atom stereocenters. The van der Waals surface area contributed by atoms with Crippen molar-refractivity contribution in [2.75, 3.05) is 26.2 Å². The molecular formula is C33H41F3N4O3. The van der Waals surface area contributed by atoms with Crippen molar-refractivity contribution in [1.29, 1.82) is 0 Å². The third kappa shape index (κ3) is 7.92. The lowest BCUT2D eigenvalue weighted by molar-refractivity contribution is -0.137. The van der Waals surface area contributed by atoms with Crippen LogP contribution in [0, 0.1) is 38.3 Å². The molecule has 3 aromatic rings. The first-order valence-electron chi connectivity index (χ1n) is 14.8. The van der Waals surface area contributed by atoms with Crippen LogP contribution in [0.3, 0.4) is 0 Å².